The maximum atomic E-state index is 12.8. The Balaban J connectivity index is 4.09. The average molecular weight is 934 g/mol. The lowest BCUT2D eigenvalue weighted by atomic mass is 10.0. The number of hydrogen-bond acceptors (Lipinski definition) is 6. The van der Waals surface area contributed by atoms with Gasteiger partial charge in [-0.2, -0.15) is 0 Å². The summed E-state index contributed by atoms with van der Waals surface area (Å²) in [7, 11) is 0. The third kappa shape index (κ3) is 53.4. The molecular formula is C60H116O6. The first-order valence-corrected chi connectivity index (χ1v) is 30.0. The number of carbonyl (C=O) groups is 3. The van der Waals surface area contributed by atoms with Crippen LogP contribution in [0, 0.1) is 0 Å². The Hall–Kier alpha value is -1.59. The lowest BCUT2D eigenvalue weighted by Gasteiger charge is -2.18. The number of esters is 3. The molecule has 0 bridgehead atoms. The molecule has 392 valence electrons. The number of hydrogen-bond donors (Lipinski definition) is 0. The number of ether oxygens (including phenoxy) is 3. The van der Waals surface area contributed by atoms with E-state index in [0.29, 0.717) is 19.3 Å². The van der Waals surface area contributed by atoms with Crippen molar-refractivity contribution in [3.8, 4) is 0 Å². The minimum absolute atomic E-state index is 0.0617. The van der Waals surface area contributed by atoms with Gasteiger partial charge in [-0.3, -0.25) is 14.4 Å². The second-order valence-electron chi connectivity index (χ2n) is 20.6. The molecule has 1 unspecified atom stereocenters. The largest absolute Gasteiger partial charge is 0.462 e. The molecule has 66 heavy (non-hydrogen) atoms. The highest BCUT2D eigenvalue weighted by atomic mass is 16.6. The molecule has 0 fully saturated rings. The molecule has 0 heterocycles. The summed E-state index contributed by atoms with van der Waals surface area (Å²) in [4.78, 5) is 38.0. The van der Waals surface area contributed by atoms with Gasteiger partial charge in [0.2, 0.25) is 0 Å². The van der Waals surface area contributed by atoms with Crippen LogP contribution < -0.4 is 0 Å². The molecule has 0 aromatic rings. The van der Waals surface area contributed by atoms with Gasteiger partial charge in [-0.1, -0.05) is 310 Å². The second-order valence-corrected chi connectivity index (χ2v) is 20.6. The normalized spacial score (nSPS) is 11.9. The monoisotopic (exact) mass is 933 g/mol. The van der Waals surface area contributed by atoms with Crippen LogP contribution in [0.25, 0.3) is 0 Å². The number of carbonyl (C=O) groups excluding carboxylic acids is 3. The van der Waals surface area contributed by atoms with Gasteiger partial charge in [0.25, 0.3) is 0 Å². The van der Waals surface area contributed by atoms with Gasteiger partial charge in [0.1, 0.15) is 13.2 Å². The molecule has 0 saturated heterocycles. The van der Waals surface area contributed by atoms with Gasteiger partial charge in [0.05, 0.1) is 0 Å². The standard InChI is InChI=1S/C60H116O6/c1-4-7-10-13-16-18-20-22-24-26-28-29-30-32-33-35-37-39-41-44-47-50-53-59(62)65-56-57(55-64-58(61)52-49-46-43-15-12-9-6-3)66-60(63)54-51-48-45-42-40-38-36-34-31-27-25-23-21-19-17-14-11-8-5-2/h57H,4-56H2,1-3H3. The molecule has 6 heteroatoms. The van der Waals surface area contributed by atoms with E-state index in [9.17, 15) is 14.4 Å². The first-order valence-electron chi connectivity index (χ1n) is 30.0. The minimum Gasteiger partial charge on any atom is -0.462 e. The SMILES string of the molecule is CCCCCCCCCCCCCCCCCCCCCCCCC(=O)OCC(COC(=O)CCCCCCCCC)OC(=O)CCCCCCCCCCCCCCCCCCCCC. The molecule has 0 aliphatic rings. The molecule has 0 aromatic carbocycles. The maximum Gasteiger partial charge on any atom is 0.306 e. The van der Waals surface area contributed by atoms with Crippen molar-refractivity contribution < 1.29 is 28.6 Å². The molecule has 0 saturated carbocycles. The highest BCUT2D eigenvalue weighted by molar-refractivity contribution is 5.71. The van der Waals surface area contributed by atoms with Crippen LogP contribution in [0.5, 0.6) is 0 Å². The van der Waals surface area contributed by atoms with Crippen molar-refractivity contribution in [2.24, 2.45) is 0 Å². The van der Waals surface area contributed by atoms with E-state index in [1.54, 1.807) is 0 Å². The van der Waals surface area contributed by atoms with E-state index in [0.717, 1.165) is 57.8 Å². The lowest BCUT2D eigenvalue weighted by molar-refractivity contribution is -0.167. The summed E-state index contributed by atoms with van der Waals surface area (Å²) in [6.45, 7) is 6.67. The first-order chi connectivity index (χ1) is 32.5. The molecule has 1 atom stereocenters. The third-order valence-corrected chi connectivity index (χ3v) is 13.9. The highest BCUT2D eigenvalue weighted by Gasteiger charge is 2.19. The molecule has 0 N–H and O–H groups in total. The van der Waals surface area contributed by atoms with E-state index in [1.807, 2.05) is 0 Å². The Morgan fingerprint density at radius 3 is 0.606 bits per heavy atom. The van der Waals surface area contributed by atoms with Gasteiger partial charge in [-0.15, -0.1) is 0 Å². The van der Waals surface area contributed by atoms with E-state index in [2.05, 4.69) is 20.8 Å². The Morgan fingerprint density at radius 2 is 0.409 bits per heavy atom. The molecule has 0 radical (unpaired) electrons. The first kappa shape index (κ1) is 64.4. The van der Waals surface area contributed by atoms with Gasteiger partial charge in [-0.25, -0.2) is 0 Å². The van der Waals surface area contributed by atoms with Crippen LogP contribution in [0.1, 0.15) is 348 Å². The fourth-order valence-corrected chi connectivity index (χ4v) is 9.33. The summed E-state index contributed by atoms with van der Waals surface area (Å²) in [5, 5.41) is 0. The van der Waals surface area contributed by atoms with Crippen molar-refractivity contribution >= 4 is 17.9 Å². The van der Waals surface area contributed by atoms with Crippen LogP contribution in [-0.4, -0.2) is 37.2 Å². The van der Waals surface area contributed by atoms with Crippen LogP contribution in [0.15, 0.2) is 0 Å². The van der Waals surface area contributed by atoms with Crippen molar-refractivity contribution in [2.45, 2.75) is 354 Å². The van der Waals surface area contributed by atoms with Gasteiger partial charge >= 0.3 is 17.9 Å². The fourth-order valence-electron chi connectivity index (χ4n) is 9.33. The Labute approximate surface area is 412 Å². The second kappa shape index (κ2) is 56.0. The van der Waals surface area contributed by atoms with Crippen molar-refractivity contribution in [2.75, 3.05) is 13.2 Å². The van der Waals surface area contributed by atoms with Gasteiger partial charge in [0.15, 0.2) is 6.10 Å². The topological polar surface area (TPSA) is 78.9 Å². The fraction of sp³-hybridized carbons (Fsp3) is 0.950. The molecule has 0 rings (SSSR count). The van der Waals surface area contributed by atoms with Crippen LogP contribution >= 0.6 is 0 Å². The zero-order valence-corrected chi connectivity index (χ0v) is 45.0. The van der Waals surface area contributed by atoms with Crippen molar-refractivity contribution in [1.82, 2.24) is 0 Å². The zero-order valence-electron chi connectivity index (χ0n) is 45.0. The summed E-state index contributed by atoms with van der Waals surface area (Å²) in [6, 6.07) is 0. The van der Waals surface area contributed by atoms with Crippen LogP contribution in [0.4, 0.5) is 0 Å². The molecule has 0 aliphatic heterocycles. The molecule has 0 amide bonds. The molecule has 0 spiro atoms. The lowest BCUT2D eigenvalue weighted by Crippen LogP contribution is -2.30. The van der Waals surface area contributed by atoms with E-state index < -0.39 is 6.10 Å². The third-order valence-electron chi connectivity index (χ3n) is 13.9. The minimum atomic E-state index is -0.760. The van der Waals surface area contributed by atoms with E-state index in [-0.39, 0.29) is 31.1 Å². The Morgan fingerprint density at radius 1 is 0.242 bits per heavy atom. The van der Waals surface area contributed by atoms with Crippen LogP contribution in [-0.2, 0) is 28.6 Å². The smallest absolute Gasteiger partial charge is 0.306 e. The highest BCUT2D eigenvalue weighted by Crippen LogP contribution is 2.18. The summed E-state index contributed by atoms with van der Waals surface area (Å²) in [5.41, 5.74) is 0. The molecule has 6 nitrogen and oxygen atoms in total. The van der Waals surface area contributed by atoms with E-state index in [1.165, 1.54) is 250 Å². The zero-order chi connectivity index (χ0) is 47.9. The van der Waals surface area contributed by atoms with Crippen molar-refractivity contribution in [3.05, 3.63) is 0 Å². The van der Waals surface area contributed by atoms with Gasteiger partial charge in [-0.05, 0) is 19.3 Å². The summed E-state index contributed by atoms with van der Waals surface area (Å²) < 4.78 is 16.8. The summed E-state index contributed by atoms with van der Waals surface area (Å²) in [6.07, 6.45) is 62.7. The van der Waals surface area contributed by atoms with Gasteiger partial charge < -0.3 is 14.2 Å². The predicted octanol–water partition coefficient (Wildman–Crippen LogP) is 19.9. The summed E-state index contributed by atoms with van der Waals surface area (Å²) >= 11 is 0. The predicted molar refractivity (Wildman–Crippen MR) is 284 cm³/mol. The Bertz CT molecular complexity index is 982. The van der Waals surface area contributed by atoms with Crippen LogP contribution in [0.2, 0.25) is 0 Å². The van der Waals surface area contributed by atoms with Crippen LogP contribution in [0.3, 0.4) is 0 Å². The van der Waals surface area contributed by atoms with Crippen molar-refractivity contribution in [1.29, 1.82) is 0 Å². The van der Waals surface area contributed by atoms with E-state index in [4.69, 9.17) is 14.2 Å². The van der Waals surface area contributed by atoms with Crippen molar-refractivity contribution in [3.63, 3.8) is 0 Å². The number of unbranched alkanes of at least 4 members (excludes halogenated alkanes) is 45. The van der Waals surface area contributed by atoms with E-state index >= 15 is 0 Å². The average Bonchev–Trinajstić information content (AvgIpc) is 3.31. The summed E-state index contributed by atoms with van der Waals surface area (Å²) in [5.74, 6) is -0.840. The van der Waals surface area contributed by atoms with Gasteiger partial charge in [0, 0.05) is 19.3 Å². The quantitative estimate of drug-likeness (QED) is 0.0343. The molecule has 0 aliphatic carbocycles. The Kier molecular flexibility index (Phi) is 54.7. The number of rotatable bonds is 56. The molecular weight excluding hydrogens is 817 g/mol. The maximum absolute atomic E-state index is 12.8. The molecule has 0 aromatic heterocycles.